The number of pyridine rings is 1. The third kappa shape index (κ3) is 3.59. The number of nitrogens with zero attached hydrogens (tertiary/aromatic N) is 2. The van der Waals surface area contributed by atoms with E-state index in [1.807, 2.05) is 6.07 Å². The summed E-state index contributed by atoms with van der Waals surface area (Å²) >= 11 is 6.17. The van der Waals surface area contributed by atoms with Gasteiger partial charge in [-0.25, -0.2) is 4.98 Å². The molecule has 0 unspecified atom stereocenters. The van der Waals surface area contributed by atoms with E-state index in [0.717, 1.165) is 12.2 Å². The molecule has 0 aromatic carbocycles. The lowest BCUT2D eigenvalue weighted by atomic mass is 10.1. The highest BCUT2D eigenvalue weighted by atomic mass is 35.5. The first kappa shape index (κ1) is 13.6. The third-order valence-corrected chi connectivity index (χ3v) is 4.13. The van der Waals surface area contributed by atoms with E-state index in [-0.39, 0.29) is 0 Å². The highest BCUT2D eigenvalue weighted by molar-refractivity contribution is 6.31. The molecule has 1 heterocycles. The van der Waals surface area contributed by atoms with E-state index < -0.39 is 0 Å². The van der Waals surface area contributed by atoms with Gasteiger partial charge in [-0.3, -0.25) is 4.90 Å². The summed E-state index contributed by atoms with van der Waals surface area (Å²) in [5, 5.41) is 0.713. The number of anilines is 1. The molecule has 0 bridgehead atoms. The summed E-state index contributed by atoms with van der Waals surface area (Å²) in [5.74, 6) is 0.545. The van der Waals surface area contributed by atoms with E-state index in [2.05, 4.69) is 16.9 Å². The fraction of sp³-hybridized carbons (Fsp3) is 0.643. The van der Waals surface area contributed by atoms with Crippen LogP contribution in [0.4, 0.5) is 5.82 Å². The summed E-state index contributed by atoms with van der Waals surface area (Å²) in [6.07, 6.45) is 8.01. The maximum absolute atomic E-state index is 6.17. The number of aromatic nitrogens is 1. The Bertz CT molecular complexity index is 387. The molecule has 0 radical (unpaired) electrons. The quantitative estimate of drug-likeness (QED) is 0.853. The van der Waals surface area contributed by atoms with E-state index in [0.29, 0.717) is 16.9 Å². The van der Waals surface area contributed by atoms with Gasteiger partial charge in [0.25, 0.3) is 0 Å². The Morgan fingerprint density at radius 3 is 2.61 bits per heavy atom. The average Bonchev–Trinajstić information content (AvgIpc) is 2.62. The number of halogens is 1. The summed E-state index contributed by atoms with van der Waals surface area (Å²) < 4.78 is 0. The van der Waals surface area contributed by atoms with E-state index in [9.17, 15) is 0 Å². The minimum Gasteiger partial charge on any atom is -0.384 e. The Hall–Kier alpha value is -0.800. The number of rotatable bonds is 3. The predicted molar refractivity (Wildman–Crippen MR) is 76.6 cm³/mol. The molecule has 0 spiro atoms. The Morgan fingerprint density at radius 2 is 1.94 bits per heavy atom. The largest absolute Gasteiger partial charge is 0.384 e. The van der Waals surface area contributed by atoms with Crippen molar-refractivity contribution in [3.8, 4) is 0 Å². The van der Waals surface area contributed by atoms with Gasteiger partial charge in [-0.1, -0.05) is 37.3 Å². The van der Waals surface area contributed by atoms with Crippen LogP contribution in [0.1, 0.15) is 44.2 Å². The minimum atomic E-state index is 0.545. The molecule has 1 aliphatic rings. The summed E-state index contributed by atoms with van der Waals surface area (Å²) in [5.41, 5.74) is 6.61. The molecule has 1 saturated carbocycles. The Morgan fingerprint density at radius 1 is 1.28 bits per heavy atom. The normalized spacial score (nSPS) is 17.9. The monoisotopic (exact) mass is 267 g/mol. The number of hydrogen-bond donors (Lipinski definition) is 1. The van der Waals surface area contributed by atoms with Crippen LogP contribution in [0.2, 0.25) is 5.02 Å². The van der Waals surface area contributed by atoms with Crippen molar-refractivity contribution < 1.29 is 0 Å². The van der Waals surface area contributed by atoms with Crippen LogP contribution < -0.4 is 5.73 Å². The SMILES string of the molecule is CN(Cc1nc(N)ccc1Cl)C1CCCCCC1. The zero-order chi connectivity index (χ0) is 13.0. The molecule has 1 aliphatic carbocycles. The molecule has 0 aliphatic heterocycles. The lowest BCUT2D eigenvalue weighted by molar-refractivity contribution is 0.211. The van der Waals surface area contributed by atoms with E-state index >= 15 is 0 Å². The van der Waals surface area contributed by atoms with Crippen LogP contribution in [-0.2, 0) is 6.54 Å². The second-order valence-electron chi connectivity index (χ2n) is 5.23. The van der Waals surface area contributed by atoms with Crippen LogP contribution in [0.15, 0.2) is 12.1 Å². The molecule has 18 heavy (non-hydrogen) atoms. The molecular formula is C14H22ClN3. The van der Waals surface area contributed by atoms with Gasteiger partial charge in [0.05, 0.1) is 10.7 Å². The van der Waals surface area contributed by atoms with E-state index in [1.54, 1.807) is 6.07 Å². The van der Waals surface area contributed by atoms with Crippen molar-refractivity contribution in [3.05, 3.63) is 22.8 Å². The first-order valence-corrected chi connectivity index (χ1v) is 7.16. The summed E-state index contributed by atoms with van der Waals surface area (Å²) in [4.78, 5) is 6.71. The van der Waals surface area contributed by atoms with E-state index in [1.165, 1.54) is 38.5 Å². The first-order chi connectivity index (χ1) is 8.66. The van der Waals surface area contributed by atoms with Crippen molar-refractivity contribution in [1.82, 2.24) is 9.88 Å². The number of hydrogen-bond acceptors (Lipinski definition) is 3. The topological polar surface area (TPSA) is 42.2 Å². The van der Waals surface area contributed by atoms with Gasteiger partial charge in [0, 0.05) is 12.6 Å². The third-order valence-electron chi connectivity index (χ3n) is 3.79. The lowest BCUT2D eigenvalue weighted by Crippen LogP contribution is -2.31. The maximum atomic E-state index is 6.17. The van der Waals surface area contributed by atoms with Crippen molar-refractivity contribution in [2.75, 3.05) is 12.8 Å². The van der Waals surface area contributed by atoms with Gasteiger partial charge < -0.3 is 5.73 Å². The Kier molecular flexibility index (Phi) is 4.84. The molecule has 0 amide bonds. The van der Waals surface area contributed by atoms with Gasteiger partial charge in [0.15, 0.2) is 0 Å². The molecule has 1 aromatic rings. The predicted octanol–water partition coefficient (Wildman–Crippen LogP) is 3.47. The molecule has 3 nitrogen and oxygen atoms in total. The van der Waals surface area contributed by atoms with Crippen molar-refractivity contribution in [2.45, 2.75) is 51.1 Å². The van der Waals surface area contributed by atoms with Crippen LogP contribution in [0.5, 0.6) is 0 Å². The van der Waals surface area contributed by atoms with Crippen LogP contribution in [-0.4, -0.2) is 23.0 Å². The molecule has 100 valence electrons. The Balaban J connectivity index is 2.00. The highest BCUT2D eigenvalue weighted by Crippen LogP contribution is 2.24. The van der Waals surface area contributed by atoms with Crippen LogP contribution in [0.25, 0.3) is 0 Å². The molecule has 2 N–H and O–H groups in total. The molecule has 0 atom stereocenters. The van der Waals surface area contributed by atoms with Crippen molar-refractivity contribution in [2.24, 2.45) is 0 Å². The second-order valence-corrected chi connectivity index (χ2v) is 5.63. The van der Waals surface area contributed by atoms with Gasteiger partial charge in [-0.15, -0.1) is 0 Å². The minimum absolute atomic E-state index is 0.545. The Labute approximate surface area is 114 Å². The zero-order valence-electron chi connectivity index (χ0n) is 11.0. The van der Waals surface area contributed by atoms with Gasteiger partial charge in [0.1, 0.15) is 5.82 Å². The fourth-order valence-electron chi connectivity index (χ4n) is 2.68. The highest BCUT2D eigenvalue weighted by Gasteiger charge is 2.18. The molecule has 1 aromatic heterocycles. The molecule has 1 fully saturated rings. The van der Waals surface area contributed by atoms with E-state index in [4.69, 9.17) is 17.3 Å². The van der Waals surface area contributed by atoms with Crippen LogP contribution in [0, 0.1) is 0 Å². The first-order valence-electron chi connectivity index (χ1n) is 6.78. The van der Waals surface area contributed by atoms with Crippen molar-refractivity contribution in [3.63, 3.8) is 0 Å². The molecular weight excluding hydrogens is 246 g/mol. The molecule has 2 rings (SSSR count). The number of nitrogen functional groups attached to an aromatic ring is 1. The van der Waals surface area contributed by atoms with Gasteiger partial charge in [-0.2, -0.15) is 0 Å². The molecule has 0 saturated heterocycles. The zero-order valence-corrected chi connectivity index (χ0v) is 11.8. The van der Waals surface area contributed by atoms with Gasteiger partial charge in [0.2, 0.25) is 0 Å². The van der Waals surface area contributed by atoms with Crippen LogP contribution >= 0.6 is 11.6 Å². The summed E-state index contributed by atoms with van der Waals surface area (Å²) in [7, 11) is 2.16. The summed E-state index contributed by atoms with van der Waals surface area (Å²) in [6.45, 7) is 0.786. The van der Waals surface area contributed by atoms with Gasteiger partial charge >= 0.3 is 0 Å². The number of nitrogens with two attached hydrogens (primary N) is 1. The van der Waals surface area contributed by atoms with Crippen molar-refractivity contribution >= 4 is 17.4 Å². The van der Waals surface area contributed by atoms with Crippen molar-refractivity contribution in [1.29, 1.82) is 0 Å². The maximum Gasteiger partial charge on any atom is 0.123 e. The summed E-state index contributed by atoms with van der Waals surface area (Å²) in [6, 6.07) is 4.24. The molecule has 4 heteroatoms. The van der Waals surface area contributed by atoms with Gasteiger partial charge in [-0.05, 0) is 32.0 Å². The fourth-order valence-corrected chi connectivity index (χ4v) is 2.84. The average molecular weight is 268 g/mol. The van der Waals surface area contributed by atoms with Crippen LogP contribution in [0.3, 0.4) is 0 Å². The lowest BCUT2D eigenvalue weighted by Gasteiger charge is -2.27. The second kappa shape index (κ2) is 6.39. The smallest absolute Gasteiger partial charge is 0.123 e. The standard InChI is InChI=1S/C14H22ClN3/c1-18(11-6-4-2-3-5-7-11)10-13-12(15)8-9-14(16)17-13/h8-9,11H,2-7,10H2,1H3,(H2,16,17).